The number of fused-ring (bicyclic) bond motifs is 2. The van der Waals surface area contributed by atoms with E-state index in [2.05, 4.69) is 0 Å². The second-order valence-corrected chi connectivity index (χ2v) is 7.43. The van der Waals surface area contributed by atoms with Crippen LogP contribution in [0.3, 0.4) is 0 Å². The summed E-state index contributed by atoms with van der Waals surface area (Å²) in [4.78, 5) is 0. The molecule has 8 heteroatoms. The molecular formula is C20H40BO6Rb. The summed E-state index contributed by atoms with van der Waals surface area (Å²) in [6.07, 6.45) is 9.93. The summed E-state index contributed by atoms with van der Waals surface area (Å²) in [7, 11) is 0. The number of rotatable bonds is 0. The largest absolute Gasteiger partial charge is 1.00 e. The predicted molar refractivity (Wildman–Crippen MR) is 109 cm³/mol. The van der Waals surface area contributed by atoms with Gasteiger partial charge in [-0.3, -0.25) is 0 Å². The molecule has 0 aromatic heterocycles. The summed E-state index contributed by atoms with van der Waals surface area (Å²) >= 11 is 0. The van der Waals surface area contributed by atoms with Gasteiger partial charge >= 0.3 is 58.2 Å². The van der Waals surface area contributed by atoms with Crippen LogP contribution in [-0.4, -0.2) is 85.7 Å². The summed E-state index contributed by atoms with van der Waals surface area (Å²) in [5.74, 6) is 0. The van der Waals surface area contributed by atoms with E-state index in [0.29, 0.717) is 52.9 Å². The van der Waals surface area contributed by atoms with Crippen molar-refractivity contribution < 1.29 is 86.6 Å². The maximum absolute atomic E-state index is 6.03. The molecule has 6 nitrogen and oxygen atoms in total. The molecule has 3 rings (SSSR count). The predicted octanol–water partition coefficient (Wildman–Crippen LogP) is -1.73. The number of ether oxygens (including phenoxy) is 6. The minimum Gasteiger partial charge on any atom is -0.377 e. The molecule has 0 radical (unpaired) electrons. The van der Waals surface area contributed by atoms with Crippen molar-refractivity contribution in [2.24, 2.45) is 0 Å². The molecule has 3 aliphatic rings. The van der Waals surface area contributed by atoms with Crippen LogP contribution in [0.5, 0.6) is 0 Å². The zero-order chi connectivity index (χ0) is 17.9. The minimum absolute atomic E-state index is 0. The molecule has 0 amide bonds. The Bertz CT molecular complexity index is 313. The summed E-state index contributed by atoms with van der Waals surface area (Å²) in [6, 6.07) is 0. The van der Waals surface area contributed by atoms with Crippen LogP contribution in [0.25, 0.3) is 0 Å². The van der Waals surface area contributed by atoms with E-state index in [1.165, 1.54) is 25.7 Å². The van der Waals surface area contributed by atoms with E-state index in [1.807, 2.05) is 0 Å². The first-order valence-corrected chi connectivity index (χ1v) is 10.6. The third-order valence-corrected chi connectivity index (χ3v) is 5.52. The van der Waals surface area contributed by atoms with Gasteiger partial charge in [0.15, 0.2) is 0 Å². The van der Waals surface area contributed by atoms with Gasteiger partial charge < -0.3 is 28.4 Å². The summed E-state index contributed by atoms with van der Waals surface area (Å²) in [5.41, 5.74) is 0. The Morgan fingerprint density at radius 2 is 0.643 bits per heavy atom. The van der Waals surface area contributed by atoms with Crippen LogP contribution in [-0.2, 0) is 28.4 Å². The van der Waals surface area contributed by atoms with E-state index in [9.17, 15) is 0 Å². The molecule has 1 heterocycles. The van der Waals surface area contributed by atoms with Crippen LogP contribution in [0.2, 0.25) is 0 Å². The topological polar surface area (TPSA) is 55.4 Å². The normalized spacial score (nSPS) is 34.3. The molecular weight excluding hydrogens is 432 g/mol. The van der Waals surface area contributed by atoms with Gasteiger partial charge in [-0.1, -0.05) is 34.1 Å². The van der Waals surface area contributed by atoms with Crippen LogP contribution in [0.4, 0.5) is 0 Å². The van der Waals surface area contributed by atoms with E-state index >= 15 is 0 Å². The molecule has 28 heavy (non-hydrogen) atoms. The Kier molecular flexibility index (Phi) is 17.0. The first-order valence-electron chi connectivity index (χ1n) is 10.6. The first kappa shape index (κ1) is 27.7. The maximum atomic E-state index is 6.03. The molecule has 1 aliphatic heterocycles. The molecule has 1 saturated heterocycles. The van der Waals surface area contributed by atoms with Crippen molar-refractivity contribution in [3.05, 3.63) is 0 Å². The Morgan fingerprint density at radius 3 is 0.893 bits per heavy atom. The van der Waals surface area contributed by atoms with Crippen LogP contribution < -0.4 is 58.2 Å². The van der Waals surface area contributed by atoms with Crippen molar-refractivity contribution in [3.8, 4) is 0 Å². The molecule has 3 fully saturated rings. The second kappa shape index (κ2) is 17.2. The van der Waals surface area contributed by atoms with Crippen LogP contribution in [0.15, 0.2) is 0 Å². The smallest absolute Gasteiger partial charge is 0.377 e. The molecule has 0 bridgehead atoms. The van der Waals surface area contributed by atoms with Crippen LogP contribution in [0.1, 0.15) is 51.4 Å². The van der Waals surface area contributed by atoms with E-state index in [4.69, 9.17) is 28.4 Å². The monoisotopic (exact) mass is 472 g/mol. The van der Waals surface area contributed by atoms with Crippen molar-refractivity contribution in [2.45, 2.75) is 75.8 Å². The van der Waals surface area contributed by atoms with Crippen molar-refractivity contribution in [1.29, 1.82) is 0 Å². The van der Waals surface area contributed by atoms with Crippen molar-refractivity contribution in [2.75, 3.05) is 52.9 Å². The number of hydrogen-bond donors (Lipinski definition) is 0. The van der Waals surface area contributed by atoms with Gasteiger partial charge in [-0.05, 0) is 25.7 Å². The van der Waals surface area contributed by atoms with Gasteiger partial charge in [-0.15, -0.1) is 0 Å². The first-order chi connectivity index (χ1) is 12.9. The van der Waals surface area contributed by atoms with E-state index in [0.717, 1.165) is 25.7 Å². The van der Waals surface area contributed by atoms with Gasteiger partial charge in [0.05, 0.1) is 77.3 Å². The second-order valence-electron chi connectivity index (χ2n) is 7.43. The number of hydrogen-bond acceptors (Lipinski definition) is 6. The fourth-order valence-electron chi connectivity index (χ4n) is 4.13. The quantitative estimate of drug-likeness (QED) is 0.391. The standard InChI is InChI=1S/C20H36O6.BH4.Rb/c1-2-6-18-17(5-1)23-13-9-21-11-15-25-19-7-3-4-8-20(19)26-16-12-22-10-14-24-18;;/h17-20H,1-16H2;1H4;/q;-1;+1. The summed E-state index contributed by atoms with van der Waals surface area (Å²) < 4.78 is 35.5. The fraction of sp³-hybridized carbons (Fsp3) is 1.00. The van der Waals surface area contributed by atoms with E-state index in [1.54, 1.807) is 0 Å². The van der Waals surface area contributed by atoms with Gasteiger partial charge in [0.1, 0.15) is 0 Å². The average Bonchev–Trinajstić information content (AvgIpc) is 2.68. The third kappa shape index (κ3) is 10.3. The van der Waals surface area contributed by atoms with Crippen LogP contribution >= 0.6 is 0 Å². The Labute approximate surface area is 221 Å². The van der Waals surface area contributed by atoms with Crippen LogP contribution in [0, 0.1) is 0 Å². The fourth-order valence-corrected chi connectivity index (χ4v) is 4.13. The van der Waals surface area contributed by atoms with Gasteiger partial charge in [-0.25, -0.2) is 0 Å². The zero-order valence-corrected chi connectivity index (χ0v) is 22.0. The average molecular weight is 473 g/mol. The summed E-state index contributed by atoms with van der Waals surface area (Å²) in [6.45, 7) is 4.93. The molecule has 4 atom stereocenters. The molecule has 0 aromatic rings. The van der Waals surface area contributed by atoms with E-state index in [-0.39, 0.29) is 91.0 Å². The molecule has 0 aromatic carbocycles. The molecule has 2 saturated carbocycles. The zero-order valence-electron chi connectivity index (χ0n) is 17.1. The third-order valence-electron chi connectivity index (χ3n) is 5.52. The maximum Gasteiger partial charge on any atom is 1.00 e. The van der Waals surface area contributed by atoms with Crippen molar-refractivity contribution >= 4 is 8.41 Å². The molecule has 0 spiro atoms. The molecule has 160 valence electrons. The summed E-state index contributed by atoms with van der Waals surface area (Å²) in [5, 5.41) is 0. The van der Waals surface area contributed by atoms with E-state index < -0.39 is 0 Å². The van der Waals surface area contributed by atoms with Gasteiger partial charge in [-0.2, -0.15) is 0 Å². The SMILES string of the molecule is C1CCC2OCCOCCOC3CCCCC3OCCOCCOC2C1.[BH4-].[Rb+]. The van der Waals surface area contributed by atoms with Gasteiger partial charge in [0.25, 0.3) is 0 Å². The Balaban J connectivity index is 0.00000196. The minimum atomic E-state index is 0. The Hall–Kier alpha value is 1.63. The molecule has 4 unspecified atom stereocenters. The van der Waals surface area contributed by atoms with Gasteiger partial charge in [0, 0.05) is 0 Å². The van der Waals surface area contributed by atoms with Gasteiger partial charge in [0.2, 0.25) is 0 Å². The molecule has 0 N–H and O–H groups in total. The van der Waals surface area contributed by atoms with Crippen molar-refractivity contribution in [3.63, 3.8) is 0 Å². The Morgan fingerprint density at radius 1 is 0.393 bits per heavy atom. The van der Waals surface area contributed by atoms with Crippen molar-refractivity contribution in [1.82, 2.24) is 0 Å². The molecule has 2 aliphatic carbocycles.